The first-order valence-corrected chi connectivity index (χ1v) is 12.0. The van der Waals surface area contributed by atoms with E-state index in [9.17, 15) is 17.2 Å². The van der Waals surface area contributed by atoms with Gasteiger partial charge in [0.15, 0.2) is 10.7 Å². The number of fused-ring (bicyclic) bond motifs is 3. The van der Waals surface area contributed by atoms with Gasteiger partial charge in [-0.3, -0.25) is 9.71 Å². The highest BCUT2D eigenvalue weighted by atomic mass is 32.2. The van der Waals surface area contributed by atoms with Gasteiger partial charge in [0.1, 0.15) is 23.3 Å². The molecule has 0 fully saturated rings. The molecular weight excluding hydrogens is 481 g/mol. The molecule has 3 aliphatic heterocycles. The number of sulfonamides is 1. The third-order valence-corrected chi connectivity index (χ3v) is 7.16. The van der Waals surface area contributed by atoms with Crippen molar-refractivity contribution in [1.29, 1.82) is 0 Å². The van der Waals surface area contributed by atoms with Crippen LogP contribution >= 0.6 is 0 Å². The van der Waals surface area contributed by atoms with Crippen molar-refractivity contribution >= 4 is 21.5 Å². The van der Waals surface area contributed by atoms with E-state index >= 15 is 4.39 Å². The number of rotatable bonds is 4. The Labute approximate surface area is 198 Å². The fourth-order valence-electron chi connectivity index (χ4n) is 4.18. The first kappa shape index (κ1) is 22.8. The lowest BCUT2D eigenvalue weighted by Gasteiger charge is -2.20. The number of hydrogen-bond acceptors (Lipinski definition) is 6. The standard InChI is InChI=1S/C23H19F3N6O2S/c1-12-6-7-17(31-35(33,34)20-15(24)4-3-5-16(20)25)19(26)18(12)14-10-13-11-29-23(27-2)30-21(13)32-9-8-28-22(14)32/h3-7,10-11,28,31H,8-9H2,1-2H3. The van der Waals surface area contributed by atoms with Gasteiger partial charge in [0.05, 0.1) is 5.69 Å². The van der Waals surface area contributed by atoms with E-state index in [0.717, 1.165) is 18.2 Å². The van der Waals surface area contributed by atoms with Crippen molar-refractivity contribution in [3.63, 3.8) is 0 Å². The highest BCUT2D eigenvalue weighted by Gasteiger charge is 2.28. The minimum Gasteiger partial charge on any atom is -0.369 e. The van der Waals surface area contributed by atoms with E-state index in [1.54, 1.807) is 26.2 Å². The number of anilines is 2. The summed E-state index contributed by atoms with van der Waals surface area (Å²) in [5.41, 5.74) is 1.63. The Morgan fingerprint density at radius 2 is 1.89 bits per heavy atom. The molecule has 0 atom stereocenters. The fourth-order valence-corrected chi connectivity index (χ4v) is 5.37. The molecule has 5 rings (SSSR count). The molecule has 0 bridgehead atoms. The minimum absolute atomic E-state index is 0.128. The maximum absolute atomic E-state index is 15.9. The second-order valence-corrected chi connectivity index (χ2v) is 9.55. The quantitative estimate of drug-likeness (QED) is 0.447. The Balaban J connectivity index is 1.68. The third kappa shape index (κ3) is 3.79. The Kier molecular flexibility index (Phi) is 5.47. The summed E-state index contributed by atoms with van der Waals surface area (Å²) in [4.78, 5) is 11.5. The van der Waals surface area contributed by atoms with Crippen LogP contribution in [0.25, 0.3) is 22.5 Å². The van der Waals surface area contributed by atoms with Crippen LogP contribution < -0.4 is 15.7 Å². The number of pyridine rings is 1. The van der Waals surface area contributed by atoms with E-state index < -0.39 is 38.1 Å². The van der Waals surface area contributed by atoms with Crippen molar-refractivity contribution in [3.05, 3.63) is 71.2 Å². The molecule has 35 heavy (non-hydrogen) atoms. The van der Waals surface area contributed by atoms with Gasteiger partial charge in [0, 0.05) is 43.0 Å². The predicted molar refractivity (Wildman–Crippen MR) is 124 cm³/mol. The topological polar surface area (TPSA) is 101 Å². The first-order valence-electron chi connectivity index (χ1n) is 10.5. The van der Waals surface area contributed by atoms with Crippen LogP contribution in [-0.4, -0.2) is 36.5 Å². The molecule has 0 unspecified atom stereocenters. The smallest absolute Gasteiger partial charge is 0.267 e. The molecular formula is C23H19F3N6O2S. The van der Waals surface area contributed by atoms with Crippen LogP contribution in [0.5, 0.6) is 0 Å². The molecule has 0 saturated carbocycles. The van der Waals surface area contributed by atoms with Gasteiger partial charge in [-0.25, -0.2) is 26.6 Å². The minimum atomic E-state index is -4.75. The summed E-state index contributed by atoms with van der Waals surface area (Å²) in [6.45, 7) is 2.83. The Bertz CT molecular complexity index is 1620. The molecule has 8 nitrogen and oxygen atoms in total. The largest absolute Gasteiger partial charge is 0.369 e. The van der Waals surface area contributed by atoms with E-state index in [-0.39, 0.29) is 5.56 Å². The van der Waals surface area contributed by atoms with E-state index in [1.165, 1.54) is 12.1 Å². The maximum atomic E-state index is 15.9. The van der Waals surface area contributed by atoms with Gasteiger partial charge in [0.2, 0.25) is 5.62 Å². The fraction of sp³-hybridized carbons (Fsp3) is 0.174. The zero-order chi connectivity index (χ0) is 24.9. The van der Waals surface area contributed by atoms with Crippen molar-refractivity contribution in [1.82, 2.24) is 14.5 Å². The highest BCUT2D eigenvalue weighted by Crippen LogP contribution is 2.41. The van der Waals surface area contributed by atoms with Gasteiger partial charge in [-0.05, 0) is 36.8 Å². The summed E-state index contributed by atoms with van der Waals surface area (Å²) < 4.78 is 73.5. The van der Waals surface area contributed by atoms with Crippen LogP contribution in [0.15, 0.2) is 52.5 Å². The molecule has 0 aromatic heterocycles. The third-order valence-electron chi connectivity index (χ3n) is 5.74. The molecule has 0 spiro atoms. The summed E-state index contributed by atoms with van der Waals surface area (Å²) >= 11 is 0. The number of aryl methyl sites for hydroxylation is 1. The average molecular weight is 501 g/mol. The molecule has 180 valence electrons. The number of nitrogens with zero attached hydrogens (tertiary/aromatic N) is 4. The first-order chi connectivity index (χ1) is 16.7. The average Bonchev–Trinajstić information content (AvgIpc) is 3.31. The van der Waals surface area contributed by atoms with E-state index in [1.807, 2.05) is 9.29 Å². The maximum Gasteiger partial charge on any atom is 0.267 e. The normalized spacial score (nSPS) is 13.7. The van der Waals surface area contributed by atoms with E-state index in [0.29, 0.717) is 47.0 Å². The van der Waals surface area contributed by atoms with Crippen molar-refractivity contribution < 1.29 is 21.6 Å². The molecule has 3 heterocycles. The Morgan fingerprint density at radius 1 is 1.14 bits per heavy atom. The van der Waals surface area contributed by atoms with Crippen LogP contribution in [0, 0.1) is 24.4 Å². The van der Waals surface area contributed by atoms with Crippen molar-refractivity contribution in [2.75, 3.05) is 23.6 Å². The molecule has 0 amide bonds. The molecule has 0 radical (unpaired) electrons. The molecule has 2 aromatic carbocycles. The number of nitrogens with one attached hydrogen (secondary N) is 2. The summed E-state index contributed by atoms with van der Waals surface area (Å²) in [5.74, 6) is -2.23. The zero-order valence-corrected chi connectivity index (χ0v) is 19.4. The van der Waals surface area contributed by atoms with Gasteiger partial charge in [-0.2, -0.15) is 4.98 Å². The van der Waals surface area contributed by atoms with Crippen molar-refractivity contribution in [2.24, 2.45) is 4.99 Å². The lowest BCUT2D eigenvalue weighted by Crippen LogP contribution is -2.18. The van der Waals surface area contributed by atoms with Crippen LogP contribution in [-0.2, 0) is 16.6 Å². The van der Waals surface area contributed by atoms with Crippen LogP contribution in [0.4, 0.5) is 24.7 Å². The summed E-state index contributed by atoms with van der Waals surface area (Å²) in [6, 6.07) is 7.12. The molecule has 0 aliphatic carbocycles. The summed E-state index contributed by atoms with van der Waals surface area (Å²) in [6.07, 6.45) is 1.58. The lowest BCUT2D eigenvalue weighted by molar-refractivity contribution is 0.521. The van der Waals surface area contributed by atoms with E-state index in [4.69, 9.17) is 0 Å². The number of halogens is 3. The molecule has 2 aromatic rings. The van der Waals surface area contributed by atoms with Crippen LogP contribution in [0.1, 0.15) is 5.56 Å². The number of hydrogen-bond donors (Lipinski definition) is 2. The number of benzene rings is 2. The van der Waals surface area contributed by atoms with Gasteiger partial charge < -0.3 is 9.88 Å². The predicted octanol–water partition coefficient (Wildman–Crippen LogP) is 3.53. The zero-order valence-electron chi connectivity index (χ0n) is 18.6. The van der Waals surface area contributed by atoms with Crippen LogP contribution in [0.3, 0.4) is 0 Å². The lowest BCUT2D eigenvalue weighted by atomic mass is 9.97. The summed E-state index contributed by atoms with van der Waals surface area (Å²) in [7, 11) is -3.17. The molecule has 0 saturated heterocycles. The monoisotopic (exact) mass is 500 g/mol. The Morgan fingerprint density at radius 3 is 2.60 bits per heavy atom. The molecule has 3 aliphatic rings. The molecule has 2 N–H and O–H groups in total. The number of aromatic nitrogens is 3. The second-order valence-electron chi connectivity index (χ2n) is 7.93. The summed E-state index contributed by atoms with van der Waals surface area (Å²) in [5, 5.41) is 3.23. The van der Waals surface area contributed by atoms with Gasteiger partial charge in [0.25, 0.3) is 10.0 Å². The van der Waals surface area contributed by atoms with Crippen molar-refractivity contribution in [2.45, 2.75) is 18.4 Å². The van der Waals surface area contributed by atoms with Gasteiger partial charge in [-0.15, -0.1) is 0 Å². The second kappa shape index (κ2) is 8.38. The SMILES string of the molecule is CN=c1ncc2cc(-c3c(C)ccc(NS(=O)(=O)c4c(F)cccc4F)c3F)c3n(c-2n1)CCN3. The van der Waals surface area contributed by atoms with Gasteiger partial charge >= 0.3 is 0 Å². The Hall–Kier alpha value is -3.93. The highest BCUT2D eigenvalue weighted by molar-refractivity contribution is 7.92. The van der Waals surface area contributed by atoms with Crippen LogP contribution in [0.2, 0.25) is 0 Å². The molecule has 12 heteroatoms. The van der Waals surface area contributed by atoms with E-state index in [2.05, 4.69) is 20.3 Å². The van der Waals surface area contributed by atoms with Gasteiger partial charge in [-0.1, -0.05) is 12.1 Å². The van der Waals surface area contributed by atoms with Crippen molar-refractivity contribution in [3.8, 4) is 22.5 Å².